The third-order valence-electron chi connectivity index (χ3n) is 4.38. The van der Waals surface area contributed by atoms with E-state index in [1.165, 1.54) is 12.1 Å². The van der Waals surface area contributed by atoms with Crippen molar-refractivity contribution in [2.24, 2.45) is 0 Å². The van der Waals surface area contributed by atoms with Gasteiger partial charge in [0.1, 0.15) is 18.5 Å². The SMILES string of the molecule is CCNS(=O)(=O)c1ccc(C)c(C(=O)NCC(O)COc2ccc3c(c2)OCO3)c1. The van der Waals surface area contributed by atoms with E-state index in [0.717, 1.165) is 0 Å². The van der Waals surface area contributed by atoms with Crippen LogP contribution in [0.4, 0.5) is 0 Å². The molecule has 0 spiro atoms. The van der Waals surface area contributed by atoms with Crippen LogP contribution in [0.2, 0.25) is 0 Å². The van der Waals surface area contributed by atoms with Crippen molar-refractivity contribution in [2.75, 3.05) is 26.5 Å². The van der Waals surface area contributed by atoms with Crippen LogP contribution in [0.25, 0.3) is 0 Å². The Hall–Kier alpha value is -2.82. The summed E-state index contributed by atoms with van der Waals surface area (Å²) in [5.74, 6) is 1.21. The largest absolute Gasteiger partial charge is 0.491 e. The van der Waals surface area contributed by atoms with Crippen molar-refractivity contribution in [2.45, 2.75) is 24.8 Å². The molecule has 1 unspecified atom stereocenters. The van der Waals surface area contributed by atoms with E-state index >= 15 is 0 Å². The van der Waals surface area contributed by atoms with Crippen LogP contribution in [0.1, 0.15) is 22.8 Å². The molecule has 1 atom stereocenters. The molecule has 0 saturated heterocycles. The molecule has 0 fully saturated rings. The fourth-order valence-electron chi connectivity index (χ4n) is 2.81. The van der Waals surface area contributed by atoms with Gasteiger partial charge in [-0.05, 0) is 36.8 Å². The molecular weight excluding hydrogens is 412 g/mol. The number of amides is 1. The molecule has 30 heavy (non-hydrogen) atoms. The van der Waals surface area contributed by atoms with Gasteiger partial charge in [0.05, 0.1) is 4.90 Å². The summed E-state index contributed by atoms with van der Waals surface area (Å²) in [6, 6.07) is 9.39. The maximum absolute atomic E-state index is 12.5. The van der Waals surface area contributed by atoms with E-state index in [2.05, 4.69) is 10.0 Å². The molecule has 0 aromatic heterocycles. The van der Waals surface area contributed by atoms with Gasteiger partial charge < -0.3 is 24.6 Å². The molecule has 0 aliphatic carbocycles. The van der Waals surface area contributed by atoms with E-state index in [0.29, 0.717) is 22.8 Å². The van der Waals surface area contributed by atoms with Gasteiger partial charge in [-0.25, -0.2) is 13.1 Å². The molecule has 3 rings (SSSR count). The van der Waals surface area contributed by atoms with Gasteiger partial charge in [-0.3, -0.25) is 4.79 Å². The van der Waals surface area contributed by atoms with Gasteiger partial charge in [-0.2, -0.15) is 0 Å². The van der Waals surface area contributed by atoms with E-state index < -0.39 is 22.0 Å². The number of aryl methyl sites for hydroxylation is 1. The first-order chi connectivity index (χ1) is 14.3. The maximum Gasteiger partial charge on any atom is 0.251 e. The molecule has 2 aromatic rings. The predicted molar refractivity (Wildman–Crippen MR) is 108 cm³/mol. The highest BCUT2D eigenvalue weighted by molar-refractivity contribution is 7.89. The average Bonchev–Trinajstić information content (AvgIpc) is 3.18. The van der Waals surface area contributed by atoms with Crippen LogP contribution in [-0.4, -0.2) is 52.0 Å². The number of hydrogen-bond acceptors (Lipinski definition) is 7. The van der Waals surface area contributed by atoms with E-state index in [4.69, 9.17) is 14.2 Å². The Morgan fingerprint density at radius 3 is 2.73 bits per heavy atom. The quantitative estimate of drug-likeness (QED) is 0.540. The van der Waals surface area contributed by atoms with Crippen LogP contribution < -0.4 is 24.2 Å². The fourth-order valence-corrected chi connectivity index (χ4v) is 3.88. The summed E-state index contributed by atoms with van der Waals surface area (Å²) in [4.78, 5) is 12.5. The standard InChI is InChI=1S/C20H24N2O7S/c1-3-22-30(25,26)16-6-4-13(2)17(9-16)20(24)21-10-14(23)11-27-15-5-7-18-19(8-15)29-12-28-18/h4-9,14,22-23H,3,10-12H2,1-2H3,(H,21,24). The Morgan fingerprint density at radius 2 is 1.97 bits per heavy atom. The molecule has 0 saturated carbocycles. The zero-order valence-corrected chi connectivity index (χ0v) is 17.5. The molecule has 1 aliphatic rings. The van der Waals surface area contributed by atoms with Crippen LogP contribution in [0, 0.1) is 6.92 Å². The Labute approximate surface area is 175 Å². The topological polar surface area (TPSA) is 123 Å². The molecule has 9 nitrogen and oxygen atoms in total. The summed E-state index contributed by atoms with van der Waals surface area (Å²) in [5, 5.41) is 12.7. The third-order valence-corrected chi connectivity index (χ3v) is 5.93. The molecule has 1 amide bonds. The lowest BCUT2D eigenvalue weighted by atomic mass is 10.1. The fraction of sp³-hybridized carbons (Fsp3) is 0.350. The number of aliphatic hydroxyl groups excluding tert-OH is 1. The summed E-state index contributed by atoms with van der Waals surface area (Å²) in [6.45, 7) is 3.67. The number of rotatable bonds is 9. The molecule has 0 bridgehead atoms. The minimum absolute atomic E-state index is 0.00629. The van der Waals surface area contributed by atoms with Gasteiger partial charge in [-0.1, -0.05) is 13.0 Å². The first-order valence-electron chi connectivity index (χ1n) is 9.39. The molecular formula is C20H24N2O7S. The number of fused-ring (bicyclic) bond motifs is 1. The van der Waals surface area contributed by atoms with Crippen molar-refractivity contribution < 1.29 is 32.5 Å². The van der Waals surface area contributed by atoms with Gasteiger partial charge in [0.2, 0.25) is 16.8 Å². The lowest BCUT2D eigenvalue weighted by Crippen LogP contribution is -2.35. The highest BCUT2D eigenvalue weighted by Gasteiger charge is 2.18. The highest BCUT2D eigenvalue weighted by atomic mass is 32.2. The number of hydrogen-bond donors (Lipinski definition) is 3. The second-order valence-corrected chi connectivity index (χ2v) is 8.43. The van der Waals surface area contributed by atoms with Crippen molar-refractivity contribution >= 4 is 15.9 Å². The van der Waals surface area contributed by atoms with Crippen molar-refractivity contribution in [1.29, 1.82) is 0 Å². The number of sulfonamides is 1. The Kier molecular flexibility index (Phi) is 6.80. The minimum atomic E-state index is -3.68. The second-order valence-electron chi connectivity index (χ2n) is 6.67. The molecule has 10 heteroatoms. The Bertz CT molecular complexity index is 1020. The lowest BCUT2D eigenvalue weighted by Gasteiger charge is -2.15. The maximum atomic E-state index is 12.5. The minimum Gasteiger partial charge on any atom is -0.491 e. The number of carbonyl (C=O) groups excluding carboxylic acids is 1. The molecule has 162 valence electrons. The van der Waals surface area contributed by atoms with E-state index in [9.17, 15) is 18.3 Å². The lowest BCUT2D eigenvalue weighted by molar-refractivity contribution is 0.0843. The smallest absolute Gasteiger partial charge is 0.251 e. The number of aliphatic hydroxyl groups is 1. The number of carbonyl (C=O) groups is 1. The van der Waals surface area contributed by atoms with Crippen molar-refractivity contribution in [3.05, 3.63) is 47.5 Å². The summed E-state index contributed by atoms with van der Waals surface area (Å²) >= 11 is 0. The van der Waals surface area contributed by atoms with Gasteiger partial charge in [0, 0.05) is 24.7 Å². The zero-order chi connectivity index (χ0) is 21.7. The third kappa shape index (κ3) is 5.21. The Morgan fingerprint density at radius 1 is 1.20 bits per heavy atom. The normalized spacial score (nSPS) is 13.7. The van der Waals surface area contributed by atoms with Crippen LogP contribution in [-0.2, 0) is 10.0 Å². The Balaban J connectivity index is 1.56. The van der Waals surface area contributed by atoms with Crippen LogP contribution in [0.5, 0.6) is 17.2 Å². The number of benzene rings is 2. The van der Waals surface area contributed by atoms with Gasteiger partial charge in [0.25, 0.3) is 5.91 Å². The molecule has 1 aliphatic heterocycles. The second kappa shape index (κ2) is 9.33. The first-order valence-corrected chi connectivity index (χ1v) is 10.9. The molecule has 3 N–H and O–H groups in total. The first kappa shape index (κ1) is 21.9. The van der Waals surface area contributed by atoms with Crippen LogP contribution >= 0.6 is 0 Å². The summed E-state index contributed by atoms with van der Waals surface area (Å²) in [5.41, 5.74) is 0.840. The molecule has 0 radical (unpaired) electrons. The van der Waals surface area contributed by atoms with Gasteiger partial charge >= 0.3 is 0 Å². The molecule has 2 aromatic carbocycles. The summed E-state index contributed by atoms with van der Waals surface area (Å²) in [6.07, 6.45) is -0.964. The average molecular weight is 436 g/mol. The zero-order valence-electron chi connectivity index (χ0n) is 16.7. The van der Waals surface area contributed by atoms with Crippen molar-refractivity contribution in [1.82, 2.24) is 10.0 Å². The monoisotopic (exact) mass is 436 g/mol. The predicted octanol–water partition coefficient (Wildman–Crippen LogP) is 1.19. The van der Waals surface area contributed by atoms with E-state index in [1.807, 2.05) is 0 Å². The van der Waals surface area contributed by atoms with Crippen molar-refractivity contribution in [3.8, 4) is 17.2 Å². The number of nitrogens with one attached hydrogen (secondary N) is 2. The highest BCUT2D eigenvalue weighted by Crippen LogP contribution is 2.35. The van der Waals surface area contributed by atoms with E-state index in [-0.39, 0.29) is 36.9 Å². The van der Waals surface area contributed by atoms with E-state index in [1.54, 1.807) is 38.1 Å². The van der Waals surface area contributed by atoms with Crippen molar-refractivity contribution in [3.63, 3.8) is 0 Å². The number of ether oxygens (including phenoxy) is 3. The van der Waals surface area contributed by atoms with Crippen LogP contribution in [0.15, 0.2) is 41.3 Å². The van der Waals surface area contributed by atoms with Crippen LogP contribution in [0.3, 0.4) is 0 Å². The molecule has 1 heterocycles. The summed E-state index contributed by atoms with van der Waals surface area (Å²) in [7, 11) is -3.68. The summed E-state index contributed by atoms with van der Waals surface area (Å²) < 4.78 is 42.7. The van der Waals surface area contributed by atoms with Gasteiger partial charge in [-0.15, -0.1) is 0 Å². The van der Waals surface area contributed by atoms with Gasteiger partial charge in [0.15, 0.2) is 11.5 Å².